The summed E-state index contributed by atoms with van der Waals surface area (Å²) in [6.45, 7) is 0.544. The number of ether oxygens (including phenoxy) is 2. The van der Waals surface area contributed by atoms with Crippen molar-refractivity contribution in [1.29, 1.82) is 0 Å². The van der Waals surface area contributed by atoms with E-state index in [0.717, 1.165) is 44.2 Å². The molecule has 2 aromatic carbocycles. The molecule has 5 nitrogen and oxygen atoms in total. The summed E-state index contributed by atoms with van der Waals surface area (Å²) in [5.41, 5.74) is 3.14. The number of anilines is 1. The van der Waals surface area contributed by atoms with Crippen LogP contribution in [0, 0.1) is 0 Å². The van der Waals surface area contributed by atoms with Crippen LogP contribution in [0.25, 0.3) is 21.3 Å². The molecule has 1 N–H and O–H groups in total. The molecule has 0 aliphatic carbocycles. The Bertz CT molecular complexity index is 1110. The molecule has 2 aromatic heterocycles. The minimum Gasteiger partial charge on any atom is -0.497 e. The van der Waals surface area contributed by atoms with Gasteiger partial charge in [0.05, 0.1) is 19.6 Å². The molecule has 28 heavy (non-hydrogen) atoms. The van der Waals surface area contributed by atoms with Crippen molar-refractivity contribution in [2.24, 2.45) is 0 Å². The van der Waals surface area contributed by atoms with Gasteiger partial charge in [-0.3, -0.25) is 0 Å². The fourth-order valence-corrected chi connectivity index (χ4v) is 4.09. The van der Waals surface area contributed by atoms with Crippen molar-refractivity contribution in [3.05, 3.63) is 64.8 Å². The lowest BCUT2D eigenvalue weighted by Crippen LogP contribution is -2.04. The fourth-order valence-electron chi connectivity index (χ4n) is 3.05. The van der Waals surface area contributed by atoms with E-state index in [1.165, 1.54) is 0 Å². The number of rotatable bonds is 6. The van der Waals surface area contributed by atoms with Crippen LogP contribution in [0.1, 0.15) is 5.56 Å². The first-order chi connectivity index (χ1) is 13.7. The SMILES string of the molecule is COc1ccc(OC)c(CNc2ncnc3scc(-c4ccc(Cl)cc4)c23)c1. The molecule has 4 aromatic rings. The lowest BCUT2D eigenvalue weighted by molar-refractivity contribution is 0.399. The lowest BCUT2D eigenvalue weighted by Gasteiger charge is -2.13. The van der Waals surface area contributed by atoms with Gasteiger partial charge >= 0.3 is 0 Å². The van der Waals surface area contributed by atoms with Gasteiger partial charge in [-0.2, -0.15) is 0 Å². The summed E-state index contributed by atoms with van der Waals surface area (Å²) >= 11 is 7.63. The van der Waals surface area contributed by atoms with E-state index in [0.29, 0.717) is 11.6 Å². The Balaban J connectivity index is 1.70. The highest BCUT2D eigenvalue weighted by Crippen LogP contribution is 2.37. The van der Waals surface area contributed by atoms with Gasteiger partial charge in [0.15, 0.2) is 0 Å². The molecule has 0 saturated heterocycles. The molecule has 2 heterocycles. The van der Waals surface area contributed by atoms with Gasteiger partial charge in [0.2, 0.25) is 0 Å². The van der Waals surface area contributed by atoms with Gasteiger partial charge in [-0.05, 0) is 35.9 Å². The fraction of sp³-hybridized carbons (Fsp3) is 0.143. The summed E-state index contributed by atoms with van der Waals surface area (Å²) < 4.78 is 10.8. The van der Waals surface area contributed by atoms with E-state index >= 15 is 0 Å². The monoisotopic (exact) mass is 411 g/mol. The first-order valence-corrected chi connectivity index (χ1v) is 9.88. The van der Waals surface area contributed by atoms with Crippen LogP contribution < -0.4 is 14.8 Å². The molecule has 0 radical (unpaired) electrons. The van der Waals surface area contributed by atoms with Crippen LogP contribution >= 0.6 is 22.9 Å². The van der Waals surface area contributed by atoms with Crippen LogP contribution in [0.4, 0.5) is 5.82 Å². The third kappa shape index (κ3) is 3.61. The zero-order valence-electron chi connectivity index (χ0n) is 15.4. The van der Waals surface area contributed by atoms with Gasteiger partial charge in [-0.25, -0.2) is 9.97 Å². The number of hydrogen-bond donors (Lipinski definition) is 1. The van der Waals surface area contributed by atoms with Crippen molar-refractivity contribution in [1.82, 2.24) is 9.97 Å². The van der Waals surface area contributed by atoms with E-state index in [-0.39, 0.29) is 0 Å². The number of hydrogen-bond acceptors (Lipinski definition) is 6. The summed E-state index contributed by atoms with van der Waals surface area (Å²) in [6, 6.07) is 13.5. The standard InChI is InChI=1S/C21H18ClN3O2S/c1-26-16-7-8-18(27-2)14(9-16)10-23-20-19-17(11-28-21(19)25-12-24-20)13-3-5-15(22)6-4-13/h3-9,11-12H,10H2,1-2H3,(H,23,24,25). The van der Waals surface area contributed by atoms with Crippen molar-refractivity contribution in [2.75, 3.05) is 19.5 Å². The molecule has 0 aliphatic rings. The number of thiophene rings is 1. The van der Waals surface area contributed by atoms with Crippen molar-refractivity contribution in [3.63, 3.8) is 0 Å². The van der Waals surface area contributed by atoms with Crippen LogP contribution in [0.15, 0.2) is 54.2 Å². The summed E-state index contributed by atoms with van der Waals surface area (Å²) in [6.07, 6.45) is 1.58. The Labute approximate surface area is 171 Å². The largest absolute Gasteiger partial charge is 0.497 e. The first-order valence-electron chi connectivity index (χ1n) is 8.62. The van der Waals surface area contributed by atoms with E-state index in [9.17, 15) is 0 Å². The molecule has 0 spiro atoms. The third-order valence-corrected chi connectivity index (χ3v) is 5.60. The Morgan fingerprint density at radius 1 is 1.04 bits per heavy atom. The summed E-state index contributed by atoms with van der Waals surface area (Å²) in [5.74, 6) is 2.35. The van der Waals surface area contributed by atoms with E-state index in [1.807, 2.05) is 42.5 Å². The Kier molecular flexibility index (Phi) is 5.32. The van der Waals surface area contributed by atoms with Gasteiger partial charge in [0.25, 0.3) is 0 Å². The molecule has 0 unspecified atom stereocenters. The highest BCUT2D eigenvalue weighted by molar-refractivity contribution is 7.17. The predicted octanol–water partition coefficient (Wildman–Crippen LogP) is 5.64. The van der Waals surface area contributed by atoms with Crippen molar-refractivity contribution in [2.45, 2.75) is 6.54 Å². The molecule has 4 rings (SSSR count). The topological polar surface area (TPSA) is 56.3 Å². The maximum Gasteiger partial charge on any atom is 0.139 e. The number of methoxy groups -OCH3 is 2. The second-order valence-corrected chi connectivity index (χ2v) is 7.38. The molecule has 0 amide bonds. The minimum atomic E-state index is 0.544. The molecule has 0 fully saturated rings. The smallest absolute Gasteiger partial charge is 0.139 e. The van der Waals surface area contributed by atoms with E-state index in [2.05, 4.69) is 20.7 Å². The van der Waals surface area contributed by atoms with Gasteiger partial charge in [-0.1, -0.05) is 23.7 Å². The van der Waals surface area contributed by atoms with Crippen molar-refractivity contribution < 1.29 is 9.47 Å². The Morgan fingerprint density at radius 2 is 1.86 bits per heavy atom. The van der Waals surface area contributed by atoms with Crippen molar-refractivity contribution >= 4 is 39.0 Å². The van der Waals surface area contributed by atoms with Gasteiger partial charge in [0.1, 0.15) is 28.5 Å². The van der Waals surface area contributed by atoms with Crippen LogP contribution in [-0.2, 0) is 6.54 Å². The highest BCUT2D eigenvalue weighted by atomic mass is 35.5. The summed E-state index contributed by atoms with van der Waals surface area (Å²) in [7, 11) is 3.31. The number of benzene rings is 2. The zero-order valence-corrected chi connectivity index (χ0v) is 17.0. The molecule has 0 atom stereocenters. The van der Waals surface area contributed by atoms with Crippen LogP contribution in [0.2, 0.25) is 5.02 Å². The van der Waals surface area contributed by atoms with E-state index < -0.39 is 0 Å². The van der Waals surface area contributed by atoms with Gasteiger partial charge in [-0.15, -0.1) is 11.3 Å². The average molecular weight is 412 g/mol. The van der Waals surface area contributed by atoms with E-state index in [4.69, 9.17) is 21.1 Å². The van der Waals surface area contributed by atoms with Crippen LogP contribution in [-0.4, -0.2) is 24.2 Å². The first kappa shape index (κ1) is 18.5. The number of halogens is 1. The second-order valence-electron chi connectivity index (χ2n) is 6.09. The van der Waals surface area contributed by atoms with Crippen LogP contribution in [0.3, 0.4) is 0 Å². The number of aromatic nitrogens is 2. The molecule has 0 saturated carbocycles. The predicted molar refractivity (Wildman–Crippen MR) is 115 cm³/mol. The molecule has 7 heteroatoms. The van der Waals surface area contributed by atoms with Gasteiger partial charge in [0, 0.05) is 28.1 Å². The Morgan fingerprint density at radius 3 is 2.61 bits per heavy atom. The Hall–Kier alpha value is -2.83. The van der Waals surface area contributed by atoms with E-state index in [1.54, 1.807) is 31.9 Å². The average Bonchev–Trinajstić information content (AvgIpc) is 3.17. The lowest BCUT2D eigenvalue weighted by atomic mass is 10.1. The summed E-state index contributed by atoms with van der Waals surface area (Å²) in [5, 5.41) is 7.24. The third-order valence-electron chi connectivity index (χ3n) is 4.46. The van der Waals surface area contributed by atoms with Crippen LogP contribution in [0.5, 0.6) is 11.5 Å². The molecule has 0 bridgehead atoms. The zero-order chi connectivity index (χ0) is 19.5. The summed E-state index contributed by atoms with van der Waals surface area (Å²) in [4.78, 5) is 9.83. The maximum atomic E-state index is 6.04. The molecule has 0 aliphatic heterocycles. The molecular weight excluding hydrogens is 394 g/mol. The molecular formula is C21H18ClN3O2S. The van der Waals surface area contributed by atoms with Gasteiger partial charge < -0.3 is 14.8 Å². The highest BCUT2D eigenvalue weighted by Gasteiger charge is 2.14. The number of nitrogens with zero attached hydrogens (tertiary/aromatic N) is 2. The second kappa shape index (κ2) is 8.04. The number of fused-ring (bicyclic) bond motifs is 1. The molecule has 142 valence electrons. The van der Waals surface area contributed by atoms with Crippen molar-refractivity contribution in [3.8, 4) is 22.6 Å². The quantitative estimate of drug-likeness (QED) is 0.445. The minimum absolute atomic E-state index is 0.544. The maximum absolute atomic E-state index is 6.04. The number of nitrogens with one attached hydrogen (secondary N) is 1. The normalized spacial score (nSPS) is 10.8.